The molecule has 0 unspecified atom stereocenters. The molecule has 0 atom stereocenters. The molecule has 78 valence electrons. The topological polar surface area (TPSA) is 0 Å². The molecule has 0 fully saturated rings. The third-order valence-corrected chi connectivity index (χ3v) is 2.64. The molecular formula is C13H20S. The quantitative estimate of drug-likeness (QED) is 0.619. The molecular weight excluding hydrogens is 188 g/mol. The molecule has 0 heterocycles. The van der Waals surface area contributed by atoms with E-state index >= 15 is 0 Å². The van der Waals surface area contributed by atoms with E-state index in [0.29, 0.717) is 0 Å². The zero-order chi connectivity index (χ0) is 11.1. The Balaban J connectivity index is 0.000000791. The van der Waals surface area contributed by atoms with E-state index in [2.05, 4.69) is 38.6 Å². The summed E-state index contributed by atoms with van der Waals surface area (Å²) < 4.78 is 0. The predicted molar refractivity (Wildman–Crippen MR) is 67.9 cm³/mol. The maximum Gasteiger partial charge on any atom is 0.0148 e. The Kier molecular flexibility index (Phi) is 6.39. The van der Waals surface area contributed by atoms with E-state index in [1.54, 1.807) is 11.8 Å². The van der Waals surface area contributed by atoms with Crippen LogP contribution in [0.15, 0.2) is 34.6 Å². The largest absolute Gasteiger partial charge is 0.0952 e. The lowest BCUT2D eigenvalue weighted by molar-refractivity contribution is 1.27. The molecule has 0 aliphatic carbocycles. The lowest BCUT2D eigenvalue weighted by atomic mass is 10.2. The van der Waals surface area contributed by atoms with Gasteiger partial charge < -0.3 is 0 Å². The van der Waals surface area contributed by atoms with Gasteiger partial charge in [-0.15, -0.1) is 0 Å². The second kappa shape index (κ2) is 6.72. The number of rotatable bonds is 2. The fraction of sp³-hybridized carbons (Fsp3) is 0.385. The molecule has 1 aromatic rings. The maximum atomic E-state index is 3.88. The Morgan fingerprint density at radius 3 is 2.21 bits per heavy atom. The molecule has 0 spiro atoms. The van der Waals surface area contributed by atoms with Crippen LogP contribution in [0.5, 0.6) is 0 Å². The van der Waals surface area contributed by atoms with Gasteiger partial charge in [-0.3, -0.25) is 0 Å². The first kappa shape index (κ1) is 13.3. The second-order valence-electron chi connectivity index (χ2n) is 3.07. The van der Waals surface area contributed by atoms with E-state index < -0.39 is 0 Å². The summed E-state index contributed by atoms with van der Waals surface area (Å²) in [4.78, 5) is 2.45. The zero-order valence-electron chi connectivity index (χ0n) is 9.85. The average molecular weight is 208 g/mol. The monoisotopic (exact) mass is 208 g/mol. The SMILES string of the molecule is C=C(C)Sc1ccc(C)cc1C.CC. The molecule has 1 heteroatoms. The third-order valence-electron chi connectivity index (χ3n) is 1.61. The molecule has 14 heavy (non-hydrogen) atoms. The molecule has 0 aliphatic rings. The minimum Gasteiger partial charge on any atom is -0.0952 e. The Morgan fingerprint density at radius 1 is 1.21 bits per heavy atom. The van der Waals surface area contributed by atoms with Gasteiger partial charge in [-0.1, -0.05) is 49.9 Å². The first-order valence-electron chi connectivity index (χ1n) is 5.00. The number of benzene rings is 1. The van der Waals surface area contributed by atoms with Crippen LogP contribution in [-0.4, -0.2) is 0 Å². The van der Waals surface area contributed by atoms with Gasteiger partial charge in [0, 0.05) is 4.90 Å². The van der Waals surface area contributed by atoms with Crippen molar-refractivity contribution in [1.29, 1.82) is 0 Å². The fourth-order valence-corrected chi connectivity index (χ4v) is 1.83. The fourth-order valence-electron chi connectivity index (χ4n) is 1.10. The second-order valence-corrected chi connectivity index (χ2v) is 4.41. The molecule has 0 saturated heterocycles. The van der Waals surface area contributed by atoms with Crippen molar-refractivity contribution in [2.75, 3.05) is 0 Å². The minimum atomic E-state index is 1.14. The van der Waals surface area contributed by atoms with Crippen LogP contribution in [-0.2, 0) is 0 Å². The van der Waals surface area contributed by atoms with Crippen LogP contribution in [0, 0.1) is 13.8 Å². The summed E-state index contributed by atoms with van der Waals surface area (Å²) in [6.45, 7) is 14.2. The summed E-state index contributed by atoms with van der Waals surface area (Å²) in [5.41, 5.74) is 2.65. The number of hydrogen-bond donors (Lipinski definition) is 0. The van der Waals surface area contributed by atoms with Gasteiger partial charge in [-0.25, -0.2) is 0 Å². The van der Waals surface area contributed by atoms with E-state index in [9.17, 15) is 0 Å². The van der Waals surface area contributed by atoms with Gasteiger partial charge in [-0.05, 0) is 37.3 Å². The maximum absolute atomic E-state index is 3.88. The molecule has 0 aliphatic heterocycles. The van der Waals surface area contributed by atoms with Gasteiger partial charge >= 0.3 is 0 Å². The summed E-state index contributed by atoms with van der Waals surface area (Å²) in [5.74, 6) is 0. The van der Waals surface area contributed by atoms with Gasteiger partial charge in [0.1, 0.15) is 0 Å². The van der Waals surface area contributed by atoms with Crippen molar-refractivity contribution < 1.29 is 0 Å². The van der Waals surface area contributed by atoms with Crippen molar-refractivity contribution in [3.05, 3.63) is 40.8 Å². The van der Waals surface area contributed by atoms with Crippen LogP contribution in [0.2, 0.25) is 0 Å². The number of hydrogen-bond acceptors (Lipinski definition) is 1. The number of aryl methyl sites for hydroxylation is 2. The van der Waals surface area contributed by atoms with Gasteiger partial charge in [0.05, 0.1) is 0 Å². The van der Waals surface area contributed by atoms with Gasteiger partial charge in [-0.2, -0.15) is 0 Å². The Hall–Kier alpha value is -0.690. The summed E-state index contributed by atoms with van der Waals surface area (Å²) >= 11 is 1.74. The van der Waals surface area contributed by atoms with Crippen molar-refractivity contribution >= 4 is 11.8 Å². The van der Waals surface area contributed by atoms with Crippen molar-refractivity contribution in [1.82, 2.24) is 0 Å². The molecule has 0 radical (unpaired) electrons. The van der Waals surface area contributed by atoms with Crippen LogP contribution in [0.3, 0.4) is 0 Å². The Morgan fingerprint density at radius 2 is 1.79 bits per heavy atom. The van der Waals surface area contributed by atoms with Crippen LogP contribution in [0.4, 0.5) is 0 Å². The normalized spacial score (nSPS) is 8.93. The van der Waals surface area contributed by atoms with Crippen molar-refractivity contribution in [2.45, 2.75) is 39.5 Å². The van der Waals surface area contributed by atoms with Gasteiger partial charge in [0.25, 0.3) is 0 Å². The lowest BCUT2D eigenvalue weighted by Crippen LogP contribution is -1.80. The predicted octanol–water partition coefficient (Wildman–Crippen LogP) is 4.96. The minimum absolute atomic E-state index is 1.14. The zero-order valence-corrected chi connectivity index (χ0v) is 10.7. The molecule has 1 aromatic carbocycles. The average Bonchev–Trinajstić information content (AvgIpc) is 2.13. The molecule has 0 aromatic heterocycles. The lowest BCUT2D eigenvalue weighted by Gasteiger charge is -2.05. The number of thioether (sulfide) groups is 1. The smallest absolute Gasteiger partial charge is 0.0148 e. The van der Waals surface area contributed by atoms with Crippen LogP contribution < -0.4 is 0 Å². The van der Waals surface area contributed by atoms with E-state index in [0.717, 1.165) is 4.91 Å². The standard InChI is InChI=1S/C11H14S.C2H6/c1-8(2)12-11-6-5-9(3)7-10(11)4;1-2/h5-7H,1H2,2-4H3;1-2H3. The molecule has 0 saturated carbocycles. The van der Waals surface area contributed by atoms with Crippen LogP contribution in [0.25, 0.3) is 0 Å². The van der Waals surface area contributed by atoms with Gasteiger partial charge in [0.15, 0.2) is 0 Å². The summed E-state index contributed by atoms with van der Waals surface area (Å²) in [6.07, 6.45) is 0. The number of allylic oxidation sites excluding steroid dienone is 1. The van der Waals surface area contributed by atoms with Crippen molar-refractivity contribution in [3.8, 4) is 0 Å². The van der Waals surface area contributed by atoms with Crippen LogP contribution >= 0.6 is 11.8 Å². The highest BCUT2D eigenvalue weighted by molar-refractivity contribution is 8.03. The van der Waals surface area contributed by atoms with Crippen molar-refractivity contribution in [2.24, 2.45) is 0 Å². The Labute approximate surface area is 92.4 Å². The summed E-state index contributed by atoms with van der Waals surface area (Å²) in [6, 6.07) is 6.49. The first-order chi connectivity index (χ1) is 6.59. The van der Waals surface area contributed by atoms with E-state index in [4.69, 9.17) is 0 Å². The van der Waals surface area contributed by atoms with E-state index in [1.165, 1.54) is 16.0 Å². The molecule has 0 nitrogen and oxygen atoms in total. The summed E-state index contributed by atoms with van der Waals surface area (Å²) in [5, 5.41) is 0. The van der Waals surface area contributed by atoms with Crippen molar-refractivity contribution in [3.63, 3.8) is 0 Å². The molecule has 1 rings (SSSR count). The highest BCUT2D eigenvalue weighted by atomic mass is 32.2. The summed E-state index contributed by atoms with van der Waals surface area (Å²) in [7, 11) is 0. The highest BCUT2D eigenvalue weighted by Gasteiger charge is 1.98. The molecule has 0 bridgehead atoms. The molecule has 0 N–H and O–H groups in total. The third kappa shape index (κ3) is 4.52. The first-order valence-corrected chi connectivity index (χ1v) is 5.82. The van der Waals surface area contributed by atoms with E-state index in [-0.39, 0.29) is 0 Å². The van der Waals surface area contributed by atoms with Gasteiger partial charge in [0.2, 0.25) is 0 Å². The Bertz CT molecular complexity index is 300. The highest BCUT2D eigenvalue weighted by Crippen LogP contribution is 2.28. The van der Waals surface area contributed by atoms with Crippen LogP contribution in [0.1, 0.15) is 31.9 Å². The van der Waals surface area contributed by atoms with E-state index in [1.807, 2.05) is 20.8 Å². The molecule has 0 amide bonds.